The second-order valence-corrected chi connectivity index (χ2v) is 18.3. The van der Waals surface area contributed by atoms with Crippen LogP contribution < -0.4 is 20.3 Å². The minimum absolute atomic E-state index is 0.0348. The fourth-order valence-corrected chi connectivity index (χ4v) is 9.64. The number of carbonyl (C=O) groups is 3. The molecule has 4 aliphatic rings. The zero-order valence-electron chi connectivity index (χ0n) is 35.8. The van der Waals surface area contributed by atoms with Gasteiger partial charge in [0.25, 0.3) is 0 Å². The van der Waals surface area contributed by atoms with Crippen molar-refractivity contribution in [3.05, 3.63) is 47.9 Å². The van der Waals surface area contributed by atoms with Crippen LogP contribution in [-0.2, 0) is 25.5 Å². The van der Waals surface area contributed by atoms with Crippen LogP contribution in [0.5, 0.6) is 11.8 Å². The molecule has 2 amide bonds. The van der Waals surface area contributed by atoms with E-state index in [0.29, 0.717) is 61.6 Å². The smallest absolute Gasteiger partial charge is 0.319 e. The van der Waals surface area contributed by atoms with E-state index in [4.69, 9.17) is 14.5 Å². The summed E-state index contributed by atoms with van der Waals surface area (Å²) in [5.41, 5.74) is 1.26. The molecule has 0 aliphatic carbocycles. The van der Waals surface area contributed by atoms with Gasteiger partial charge in [0.2, 0.25) is 11.8 Å². The molecule has 0 radical (unpaired) electrons. The largest absolute Gasteiger partial charge is 0.508 e. The van der Waals surface area contributed by atoms with Gasteiger partial charge in [-0.2, -0.15) is 9.97 Å². The number of aromatic hydroxyl groups is 1. The van der Waals surface area contributed by atoms with Crippen molar-refractivity contribution in [1.29, 1.82) is 0 Å². The fourth-order valence-electron chi connectivity index (χ4n) is 9.64. The summed E-state index contributed by atoms with van der Waals surface area (Å²) in [4.78, 5) is 58.2. The van der Waals surface area contributed by atoms with E-state index in [-0.39, 0.29) is 47.3 Å². The average Bonchev–Trinajstić information content (AvgIpc) is 3.87. The minimum Gasteiger partial charge on any atom is -0.508 e. The molecule has 2 aromatic carbocycles. The summed E-state index contributed by atoms with van der Waals surface area (Å²) >= 11 is 0. The average molecular weight is 839 g/mol. The standard InChI is InChI=1S/C46H59FN8O6/c1-5-29-8-6-9-30-20-34(57)21-35(38(29)30)40-39(47)41-36(22-48-40)43(54-23-31-11-12-32(24-54)49-31)52-45(51-41)61-19-18-53-16-13-28(14-17-53)26-60-27-37(58)50-42(46(2,3)4)44(59)55-15-7-10-33(55)25-56/h6,8-9,20-22,25,28,31-33,42,49,57H,5,7,10-19,23-24,26-27H2,1-4H3,(H,50,58). The summed E-state index contributed by atoms with van der Waals surface area (Å²) in [6.45, 7) is 12.6. The Kier molecular flexibility index (Phi) is 12.7. The van der Waals surface area contributed by atoms with Gasteiger partial charge in [0.05, 0.1) is 18.0 Å². The summed E-state index contributed by atoms with van der Waals surface area (Å²) < 4.78 is 29.0. The third kappa shape index (κ3) is 9.29. The van der Waals surface area contributed by atoms with E-state index in [1.165, 1.54) is 0 Å². The van der Waals surface area contributed by atoms with Gasteiger partial charge < -0.3 is 39.8 Å². The van der Waals surface area contributed by atoms with Crippen molar-refractivity contribution in [2.45, 2.75) is 96.8 Å². The first-order valence-electron chi connectivity index (χ1n) is 22.0. The Morgan fingerprint density at radius 2 is 1.84 bits per heavy atom. The second-order valence-electron chi connectivity index (χ2n) is 18.3. The number of likely N-dealkylation sites (tertiary alicyclic amines) is 2. The van der Waals surface area contributed by atoms with E-state index >= 15 is 4.39 Å². The monoisotopic (exact) mass is 838 g/mol. The Morgan fingerprint density at radius 1 is 1.07 bits per heavy atom. The molecule has 4 fully saturated rings. The number of piperazine rings is 1. The number of amides is 2. The molecule has 2 aromatic heterocycles. The van der Waals surface area contributed by atoms with Gasteiger partial charge in [-0.3, -0.25) is 19.5 Å². The van der Waals surface area contributed by atoms with Crippen LogP contribution in [0.2, 0.25) is 0 Å². The maximum Gasteiger partial charge on any atom is 0.319 e. The van der Waals surface area contributed by atoms with Gasteiger partial charge in [0.1, 0.15) is 48.3 Å². The van der Waals surface area contributed by atoms with E-state index in [2.05, 4.69) is 37.3 Å². The molecule has 326 valence electrons. The predicted molar refractivity (Wildman–Crippen MR) is 231 cm³/mol. The van der Waals surface area contributed by atoms with Gasteiger partial charge in [-0.05, 0) is 97.8 Å². The maximum absolute atomic E-state index is 17.0. The number of anilines is 1. The van der Waals surface area contributed by atoms with E-state index in [9.17, 15) is 19.5 Å². The molecule has 15 heteroatoms. The number of hydrogen-bond acceptors (Lipinski definition) is 12. The van der Waals surface area contributed by atoms with Crippen LogP contribution in [0.3, 0.4) is 0 Å². The summed E-state index contributed by atoms with van der Waals surface area (Å²) in [5.74, 6) is -0.230. The highest BCUT2D eigenvalue weighted by molar-refractivity contribution is 6.01. The molecule has 8 rings (SSSR count). The fraction of sp³-hybridized carbons (Fsp3) is 0.565. The van der Waals surface area contributed by atoms with Gasteiger partial charge in [0.15, 0.2) is 5.82 Å². The predicted octanol–water partition coefficient (Wildman–Crippen LogP) is 5.02. The lowest BCUT2D eigenvalue weighted by atomic mass is 9.85. The molecule has 14 nitrogen and oxygen atoms in total. The molecular weight excluding hydrogens is 780 g/mol. The number of benzene rings is 2. The molecule has 3 N–H and O–H groups in total. The Morgan fingerprint density at radius 3 is 2.56 bits per heavy atom. The Hall–Kier alpha value is -4.99. The molecule has 4 saturated heterocycles. The quantitative estimate of drug-likeness (QED) is 0.146. The van der Waals surface area contributed by atoms with Crippen LogP contribution in [0.4, 0.5) is 10.2 Å². The Bertz CT molecular complexity index is 2250. The number of piperidine rings is 1. The maximum atomic E-state index is 17.0. The van der Waals surface area contributed by atoms with E-state index in [0.717, 1.165) is 87.3 Å². The van der Waals surface area contributed by atoms with Gasteiger partial charge in [-0.1, -0.05) is 45.9 Å². The molecule has 0 saturated carbocycles. The van der Waals surface area contributed by atoms with Crippen molar-refractivity contribution in [3.8, 4) is 23.0 Å². The highest BCUT2D eigenvalue weighted by atomic mass is 19.1. The van der Waals surface area contributed by atoms with Crippen LogP contribution in [0.25, 0.3) is 32.9 Å². The van der Waals surface area contributed by atoms with Crippen LogP contribution in [0.15, 0.2) is 36.5 Å². The number of rotatable bonds is 14. The van der Waals surface area contributed by atoms with Crippen molar-refractivity contribution in [3.63, 3.8) is 0 Å². The lowest BCUT2D eigenvalue weighted by Gasteiger charge is -2.35. The lowest BCUT2D eigenvalue weighted by Crippen LogP contribution is -2.56. The number of carbonyl (C=O) groups excluding carboxylic acids is 3. The first kappa shape index (κ1) is 42.7. The van der Waals surface area contributed by atoms with Crippen LogP contribution in [-0.4, -0.2) is 131 Å². The number of nitrogens with zero attached hydrogens (tertiary/aromatic N) is 6. The van der Waals surface area contributed by atoms with Crippen molar-refractivity contribution in [1.82, 2.24) is 35.4 Å². The second kappa shape index (κ2) is 18.2. The van der Waals surface area contributed by atoms with Crippen LogP contribution in [0.1, 0.15) is 71.8 Å². The van der Waals surface area contributed by atoms with Crippen molar-refractivity contribution < 1.29 is 33.4 Å². The molecule has 4 atom stereocenters. The number of fused-ring (bicyclic) bond motifs is 4. The highest BCUT2D eigenvalue weighted by Gasteiger charge is 2.40. The minimum atomic E-state index is -0.758. The van der Waals surface area contributed by atoms with Gasteiger partial charge in [-0.25, -0.2) is 4.39 Å². The molecule has 61 heavy (non-hydrogen) atoms. The summed E-state index contributed by atoms with van der Waals surface area (Å²) in [7, 11) is 0. The van der Waals surface area contributed by atoms with E-state index in [1.807, 2.05) is 39.0 Å². The third-order valence-electron chi connectivity index (χ3n) is 12.9. The first-order valence-corrected chi connectivity index (χ1v) is 22.0. The summed E-state index contributed by atoms with van der Waals surface area (Å²) in [5, 5.41) is 19.4. The molecule has 0 spiro atoms. The SMILES string of the molecule is CCc1cccc2cc(O)cc(-c3ncc4c(N5CC6CCC(C5)N6)nc(OCCN5CCC(COCC(=O)NC(C(=O)N6CCCC6C=O)C(C)(C)C)CC5)nc4c3F)c12. The van der Waals surface area contributed by atoms with Gasteiger partial charge in [0, 0.05) is 50.0 Å². The number of aromatic nitrogens is 3. The molecule has 4 aliphatic heterocycles. The Balaban J connectivity index is 0.898. The van der Waals surface area contributed by atoms with Crippen LogP contribution >= 0.6 is 0 Å². The third-order valence-corrected chi connectivity index (χ3v) is 12.9. The topological polar surface area (TPSA) is 162 Å². The number of aldehydes is 1. The summed E-state index contributed by atoms with van der Waals surface area (Å²) in [6.07, 6.45) is 8.56. The number of halogens is 1. The number of aryl methyl sites for hydroxylation is 1. The summed E-state index contributed by atoms with van der Waals surface area (Å²) in [6, 6.07) is 8.71. The number of pyridine rings is 1. The number of nitrogens with one attached hydrogen (secondary N) is 2. The normalized spacial score (nSPS) is 21.6. The van der Waals surface area contributed by atoms with Gasteiger partial charge >= 0.3 is 6.01 Å². The molecule has 4 unspecified atom stereocenters. The van der Waals surface area contributed by atoms with Crippen molar-refractivity contribution in [2.75, 3.05) is 64.0 Å². The zero-order chi connectivity index (χ0) is 42.8. The molecule has 4 aromatic rings. The van der Waals surface area contributed by atoms with E-state index in [1.54, 1.807) is 23.2 Å². The highest BCUT2D eigenvalue weighted by Crippen LogP contribution is 2.39. The van der Waals surface area contributed by atoms with Crippen LogP contribution in [0, 0.1) is 17.2 Å². The molecular formula is C46H59FN8O6. The number of ether oxygens (including phenoxy) is 2. The number of hydrogen-bond donors (Lipinski definition) is 3. The number of phenolic OH excluding ortho intramolecular Hbond substituents is 1. The molecule has 6 heterocycles. The first-order chi connectivity index (χ1) is 29.4. The van der Waals surface area contributed by atoms with Crippen molar-refractivity contribution >= 4 is 45.6 Å². The zero-order valence-corrected chi connectivity index (χ0v) is 35.8. The van der Waals surface area contributed by atoms with Crippen molar-refractivity contribution in [2.24, 2.45) is 11.3 Å². The molecule has 2 bridgehead atoms. The lowest BCUT2D eigenvalue weighted by molar-refractivity contribution is -0.142. The Labute approximate surface area is 356 Å². The van der Waals surface area contributed by atoms with E-state index < -0.39 is 23.3 Å². The van der Waals surface area contributed by atoms with Gasteiger partial charge in [-0.15, -0.1) is 0 Å². The number of phenols is 1.